The summed E-state index contributed by atoms with van der Waals surface area (Å²) in [5.41, 5.74) is 0.700. The van der Waals surface area contributed by atoms with E-state index in [2.05, 4.69) is 15.1 Å². The molecule has 0 radical (unpaired) electrons. The Labute approximate surface area is 101 Å². The molecule has 0 amide bonds. The summed E-state index contributed by atoms with van der Waals surface area (Å²) in [5, 5.41) is 4.46. The lowest BCUT2D eigenvalue weighted by molar-refractivity contribution is 0.589. The van der Waals surface area contributed by atoms with Crippen molar-refractivity contribution in [1.82, 2.24) is 19.7 Å². The number of benzene rings is 1. The van der Waals surface area contributed by atoms with Gasteiger partial charge in [-0.2, -0.15) is 5.10 Å². The summed E-state index contributed by atoms with van der Waals surface area (Å²) >= 11 is 0. The first-order valence-corrected chi connectivity index (χ1v) is 5.38. The van der Waals surface area contributed by atoms with Crippen LogP contribution in [0.15, 0.2) is 41.6 Å². The van der Waals surface area contributed by atoms with Gasteiger partial charge in [0.05, 0.1) is 19.1 Å². The molecule has 6 heteroatoms. The second kappa shape index (κ2) is 4.06. The third kappa shape index (κ3) is 1.67. The van der Waals surface area contributed by atoms with Gasteiger partial charge < -0.3 is 4.98 Å². The molecule has 0 bridgehead atoms. The number of nitrogens with one attached hydrogen (secondary N) is 1. The third-order valence-electron chi connectivity index (χ3n) is 2.72. The van der Waals surface area contributed by atoms with E-state index in [4.69, 9.17) is 0 Å². The quantitative estimate of drug-likeness (QED) is 0.739. The van der Waals surface area contributed by atoms with Gasteiger partial charge in [-0.15, -0.1) is 0 Å². The zero-order valence-corrected chi connectivity index (χ0v) is 9.30. The van der Waals surface area contributed by atoms with Gasteiger partial charge in [0.2, 0.25) is 0 Å². The molecule has 0 unspecified atom stereocenters. The summed E-state index contributed by atoms with van der Waals surface area (Å²) in [4.78, 5) is 18.0. The molecule has 0 aliphatic heterocycles. The first kappa shape index (κ1) is 10.6. The SMILES string of the molecule is O=c1[nH]cnc2c1cnn2Cc1ccccc1F. The normalized spacial score (nSPS) is 10.9. The largest absolute Gasteiger partial charge is 0.312 e. The van der Waals surface area contributed by atoms with Crippen LogP contribution in [0.25, 0.3) is 11.0 Å². The van der Waals surface area contributed by atoms with E-state index >= 15 is 0 Å². The molecule has 1 aromatic carbocycles. The van der Waals surface area contributed by atoms with Crippen LogP contribution in [0.1, 0.15) is 5.56 Å². The van der Waals surface area contributed by atoms with Gasteiger partial charge in [-0.1, -0.05) is 18.2 Å². The van der Waals surface area contributed by atoms with E-state index in [0.717, 1.165) is 0 Å². The number of nitrogens with zero attached hydrogens (tertiary/aromatic N) is 3. The number of fused-ring (bicyclic) bond motifs is 1. The summed E-state index contributed by atoms with van der Waals surface area (Å²) in [5.74, 6) is -0.300. The van der Waals surface area contributed by atoms with Gasteiger partial charge in [-0.3, -0.25) is 4.79 Å². The number of halogens is 1. The van der Waals surface area contributed by atoms with E-state index in [-0.39, 0.29) is 17.9 Å². The van der Waals surface area contributed by atoms with Crippen LogP contribution in [0, 0.1) is 5.82 Å². The second-order valence-corrected chi connectivity index (χ2v) is 3.86. The average Bonchev–Trinajstić information content (AvgIpc) is 2.77. The number of hydrogen-bond acceptors (Lipinski definition) is 3. The maximum atomic E-state index is 13.5. The number of hydrogen-bond donors (Lipinski definition) is 1. The fourth-order valence-corrected chi connectivity index (χ4v) is 1.81. The second-order valence-electron chi connectivity index (χ2n) is 3.86. The minimum atomic E-state index is -0.300. The van der Waals surface area contributed by atoms with Crippen LogP contribution in [0.2, 0.25) is 0 Å². The fraction of sp³-hybridized carbons (Fsp3) is 0.0833. The minimum Gasteiger partial charge on any atom is -0.312 e. The molecule has 90 valence electrons. The first-order valence-electron chi connectivity index (χ1n) is 5.38. The zero-order chi connectivity index (χ0) is 12.5. The summed E-state index contributed by atoms with van der Waals surface area (Å²) in [6, 6.07) is 6.45. The van der Waals surface area contributed by atoms with Crippen LogP contribution in [-0.4, -0.2) is 19.7 Å². The van der Waals surface area contributed by atoms with Crippen LogP contribution in [0.4, 0.5) is 4.39 Å². The van der Waals surface area contributed by atoms with Crippen LogP contribution < -0.4 is 5.56 Å². The molecule has 0 saturated carbocycles. The van der Waals surface area contributed by atoms with E-state index in [0.29, 0.717) is 16.6 Å². The van der Waals surface area contributed by atoms with Crippen molar-refractivity contribution in [2.75, 3.05) is 0 Å². The van der Waals surface area contributed by atoms with E-state index in [1.807, 2.05) is 0 Å². The van der Waals surface area contributed by atoms with Gasteiger partial charge >= 0.3 is 0 Å². The lowest BCUT2D eigenvalue weighted by Crippen LogP contribution is -2.08. The van der Waals surface area contributed by atoms with Gasteiger partial charge in [-0.05, 0) is 6.07 Å². The Balaban J connectivity index is 2.09. The average molecular weight is 244 g/mol. The van der Waals surface area contributed by atoms with E-state index in [9.17, 15) is 9.18 Å². The molecular formula is C12H9FN4O. The molecule has 0 aliphatic carbocycles. The molecule has 5 nitrogen and oxygen atoms in total. The van der Waals surface area contributed by atoms with Crippen LogP contribution in [0.3, 0.4) is 0 Å². The smallest absolute Gasteiger partial charge is 0.261 e. The van der Waals surface area contributed by atoms with Gasteiger partial charge in [0.25, 0.3) is 5.56 Å². The molecule has 3 rings (SSSR count). The lowest BCUT2D eigenvalue weighted by atomic mass is 10.2. The van der Waals surface area contributed by atoms with Crippen LogP contribution in [0.5, 0.6) is 0 Å². The van der Waals surface area contributed by atoms with Crippen molar-refractivity contribution >= 4 is 11.0 Å². The van der Waals surface area contributed by atoms with E-state index in [1.54, 1.807) is 18.2 Å². The Morgan fingerprint density at radius 1 is 1.33 bits per heavy atom. The lowest BCUT2D eigenvalue weighted by Gasteiger charge is -2.03. The Kier molecular flexibility index (Phi) is 2.40. The molecule has 3 aromatic rings. The van der Waals surface area contributed by atoms with Gasteiger partial charge in [0, 0.05) is 5.56 Å². The van der Waals surface area contributed by atoms with Crippen molar-refractivity contribution < 1.29 is 4.39 Å². The Hall–Kier alpha value is -2.50. The number of aromatic amines is 1. The molecule has 2 heterocycles. The van der Waals surface area contributed by atoms with Crippen molar-refractivity contribution in [2.24, 2.45) is 0 Å². The van der Waals surface area contributed by atoms with E-state index < -0.39 is 0 Å². The van der Waals surface area contributed by atoms with Crippen LogP contribution >= 0.6 is 0 Å². The van der Waals surface area contributed by atoms with Crippen molar-refractivity contribution in [2.45, 2.75) is 6.54 Å². The molecule has 0 saturated heterocycles. The highest BCUT2D eigenvalue weighted by molar-refractivity contribution is 5.72. The Morgan fingerprint density at radius 2 is 2.17 bits per heavy atom. The number of rotatable bonds is 2. The third-order valence-corrected chi connectivity index (χ3v) is 2.72. The van der Waals surface area contributed by atoms with Gasteiger partial charge in [0.1, 0.15) is 11.2 Å². The zero-order valence-electron chi connectivity index (χ0n) is 9.30. The molecule has 18 heavy (non-hydrogen) atoms. The summed E-state index contributed by atoms with van der Waals surface area (Å²) in [6.45, 7) is 0.243. The molecule has 0 fully saturated rings. The van der Waals surface area contributed by atoms with Gasteiger partial charge in [0.15, 0.2) is 5.65 Å². The highest BCUT2D eigenvalue weighted by Gasteiger charge is 2.09. The first-order chi connectivity index (χ1) is 8.75. The van der Waals surface area contributed by atoms with Crippen molar-refractivity contribution in [3.05, 3.63) is 58.5 Å². The monoisotopic (exact) mass is 244 g/mol. The Bertz CT molecular complexity index is 762. The standard InChI is InChI=1S/C12H9FN4O/c13-10-4-2-1-3-8(10)6-17-11-9(5-16-17)12(18)15-7-14-11/h1-5,7H,6H2,(H,14,15,18). The minimum absolute atomic E-state index is 0.243. The molecular weight excluding hydrogens is 235 g/mol. The van der Waals surface area contributed by atoms with Crippen molar-refractivity contribution in [1.29, 1.82) is 0 Å². The molecule has 2 aromatic heterocycles. The topological polar surface area (TPSA) is 63.6 Å². The van der Waals surface area contributed by atoms with Crippen LogP contribution in [-0.2, 0) is 6.54 Å². The predicted molar refractivity (Wildman–Crippen MR) is 63.7 cm³/mol. The number of aromatic nitrogens is 4. The predicted octanol–water partition coefficient (Wildman–Crippen LogP) is 1.31. The highest BCUT2D eigenvalue weighted by Crippen LogP contribution is 2.11. The summed E-state index contributed by atoms with van der Waals surface area (Å²) < 4.78 is 15.0. The Morgan fingerprint density at radius 3 is 3.00 bits per heavy atom. The number of H-pyrrole nitrogens is 1. The van der Waals surface area contributed by atoms with Gasteiger partial charge in [-0.25, -0.2) is 14.1 Å². The van der Waals surface area contributed by atoms with Crippen molar-refractivity contribution in [3.63, 3.8) is 0 Å². The maximum absolute atomic E-state index is 13.5. The highest BCUT2D eigenvalue weighted by atomic mass is 19.1. The summed E-state index contributed by atoms with van der Waals surface area (Å²) in [7, 11) is 0. The summed E-state index contributed by atoms with van der Waals surface area (Å²) in [6.07, 6.45) is 2.74. The van der Waals surface area contributed by atoms with Crippen molar-refractivity contribution in [3.8, 4) is 0 Å². The molecule has 0 aliphatic rings. The molecule has 0 atom stereocenters. The fourth-order valence-electron chi connectivity index (χ4n) is 1.81. The molecule has 1 N–H and O–H groups in total. The molecule has 0 spiro atoms. The van der Waals surface area contributed by atoms with E-state index in [1.165, 1.54) is 23.3 Å². The maximum Gasteiger partial charge on any atom is 0.261 e.